The van der Waals surface area contributed by atoms with Crippen molar-refractivity contribution < 1.29 is 0 Å². The summed E-state index contributed by atoms with van der Waals surface area (Å²) in [5, 5.41) is 0. The van der Waals surface area contributed by atoms with Gasteiger partial charge in [-0.2, -0.15) is 0 Å². The lowest BCUT2D eigenvalue weighted by Gasteiger charge is -1.81. The molecule has 0 bridgehead atoms. The fourth-order valence-corrected chi connectivity index (χ4v) is 1.70. The predicted molar refractivity (Wildman–Crippen MR) is 150 cm³/mol. The molecule has 1 N–H and O–H groups in total. The number of nitrogens with one attached hydrogen (secondary N) is 1. The molecule has 0 fully saturated rings. The average Bonchev–Trinajstić information content (AvgIpc) is 3.50. The maximum absolute atomic E-state index is 4.06. The minimum Gasteiger partial charge on any atom is -0.345 e. The molecule has 0 saturated carbocycles. The summed E-state index contributed by atoms with van der Waals surface area (Å²) in [4.78, 5) is 25.6. The van der Waals surface area contributed by atoms with Crippen molar-refractivity contribution in [3.63, 3.8) is 0 Å². The van der Waals surface area contributed by atoms with Crippen LogP contribution in [0, 0.1) is 0 Å². The van der Waals surface area contributed by atoms with E-state index in [9.17, 15) is 0 Å². The third-order valence-electron chi connectivity index (χ3n) is 2.85. The van der Waals surface area contributed by atoms with Gasteiger partial charge in [-0.25, -0.2) is 15.0 Å². The summed E-state index contributed by atoms with van der Waals surface area (Å²) in [6, 6.07) is 15.4. The number of aromatic amines is 1. The van der Waals surface area contributed by atoms with Crippen molar-refractivity contribution in [3.05, 3.63) is 111 Å². The number of hydrogen-bond donors (Lipinski definition) is 1. The second-order valence-electron chi connectivity index (χ2n) is 4.74. The number of nitrogens with zero attached hydrogens (tertiary/aromatic N) is 6. The summed E-state index contributed by atoms with van der Waals surface area (Å²) in [6.07, 6.45) is 16.6. The number of para-hydroxylation sites is 2. The van der Waals surface area contributed by atoms with Crippen molar-refractivity contribution in [3.8, 4) is 0 Å². The molecule has 5 aromatic rings. The molecule has 0 amide bonds. The first-order valence-electron chi connectivity index (χ1n) is 12.1. The number of fused-ring (bicyclic) bond motifs is 1. The van der Waals surface area contributed by atoms with Gasteiger partial charge in [-0.15, -0.1) is 0 Å². The zero-order chi connectivity index (χ0) is 26.8. The van der Waals surface area contributed by atoms with Gasteiger partial charge in [-0.1, -0.05) is 73.6 Å². The quantitative estimate of drug-likeness (QED) is 0.245. The molecule has 7 heteroatoms. The molecular formula is C28H43N7. The molecule has 5 rings (SSSR count). The molecule has 0 atom stereocenters. The molecule has 0 aliphatic carbocycles. The van der Waals surface area contributed by atoms with E-state index >= 15 is 0 Å². The largest absolute Gasteiger partial charge is 0.345 e. The normalized spacial score (nSPS) is 7.43. The highest BCUT2D eigenvalue weighted by atomic mass is 14.9. The monoisotopic (exact) mass is 477 g/mol. The van der Waals surface area contributed by atoms with Crippen LogP contribution >= 0.6 is 0 Å². The fraction of sp³-hybridized carbons (Fsp3) is 0.286. The van der Waals surface area contributed by atoms with Gasteiger partial charge in [0.25, 0.3) is 0 Å². The summed E-state index contributed by atoms with van der Waals surface area (Å²) in [5.74, 6) is 0. The Morgan fingerprint density at radius 3 is 1.23 bits per heavy atom. The smallest absolute Gasteiger partial charge is 0.115 e. The van der Waals surface area contributed by atoms with Crippen molar-refractivity contribution in [1.29, 1.82) is 0 Å². The highest BCUT2D eigenvalue weighted by Crippen LogP contribution is 2.05. The van der Waals surface area contributed by atoms with Gasteiger partial charge in [0.15, 0.2) is 0 Å². The Kier molecular flexibility index (Phi) is 35.2. The van der Waals surface area contributed by atoms with Gasteiger partial charge in [0, 0.05) is 49.6 Å². The summed E-state index contributed by atoms with van der Waals surface area (Å²) in [7, 11) is 0. The third kappa shape index (κ3) is 24.5. The van der Waals surface area contributed by atoms with Crippen LogP contribution < -0.4 is 0 Å². The van der Waals surface area contributed by atoms with Crippen LogP contribution in [-0.4, -0.2) is 34.9 Å². The van der Waals surface area contributed by atoms with E-state index in [4.69, 9.17) is 0 Å². The molecule has 0 aliphatic heterocycles. The Hall–Kier alpha value is -4.00. The summed E-state index contributed by atoms with van der Waals surface area (Å²) in [5.41, 5.74) is 2.12. The molecule has 0 radical (unpaired) electrons. The van der Waals surface area contributed by atoms with E-state index in [1.54, 1.807) is 62.0 Å². The predicted octanol–water partition coefficient (Wildman–Crippen LogP) is 7.70. The Balaban J connectivity index is -0.000000360. The number of benzene rings is 1. The van der Waals surface area contributed by atoms with E-state index in [1.807, 2.05) is 97.9 Å². The Morgan fingerprint density at radius 2 is 0.914 bits per heavy atom. The number of imidazole rings is 1. The summed E-state index contributed by atoms with van der Waals surface area (Å²) >= 11 is 0. The molecule has 35 heavy (non-hydrogen) atoms. The first kappa shape index (κ1) is 35.6. The lowest BCUT2D eigenvalue weighted by atomic mass is 10.3. The maximum Gasteiger partial charge on any atom is 0.115 e. The van der Waals surface area contributed by atoms with Crippen LogP contribution in [0.3, 0.4) is 0 Å². The van der Waals surface area contributed by atoms with Gasteiger partial charge in [-0.3, -0.25) is 15.0 Å². The van der Waals surface area contributed by atoms with E-state index in [2.05, 4.69) is 34.9 Å². The number of hydrogen-bond acceptors (Lipinski definition) is 6. The standard InChI is InChI=1S/C7H6N2.C5H5N.2C4H4N2.4C2H6/c1-2-4-7-6(3-1)8-5-9-7;1-2-4-6-5-3-1;1-2-6-4-3-5-1;1-2-5-4-6-3-1;4*1-2/h1-5H,(H,8,9);1-5H;2*1-4H;4*1-2H3. The fourth-order valence-electron chi connectivity index (χ4n) is 1.70. The van der Waals surface area contributed by atoms with Crippen molar-refractivity contribution in [2.24, 2.45) is 0 Å². The zero-order valence-corrected chi connectivity index (χ0v) is 22.6. The Labute approximate surface area is 212 Å². The van der Waals surface area contributed by atoms with Crippen LogP contribution in [0.5, 0.6) is 0 Å². The lowest BCUT2D eigenvalue weighted by Crippen LogP contribution is -1.66. The minimum atomic E-state index is 1.03. The van der Waals surface area contributed by atoms with Gasteiger partial charge in [0.1, 0.15) is 6.33 Å². The Bertz CT molecular complexity index is 747. The van der Waals surface area contributed by atoms with Crippen molar-refractivity contribution in [2.75, 3.05) is 0 Å². The highest BCUT2D eigenvalue weighted by Gasteiger charge is 1.88. The van der Waals surface area contributed by atoms with Crippen molar-refractivity contribution >= 4 is 11.0 Å². The molecule has 0 spiro atoms. The first-order chi connectivity index (χ1) is 17.5. The molecule has 190 valence electrons. The van der Waals surface area contributed by atoms with Gasteiger partial charge < -0.3 is 4.98 Å². The van der Waals surface area contributed by atoms with E-state index in [-0.39, 0.29) is 0 Å². The number of pyridine rings is 1. The number of rotatable bonds is 0. The maximum atomic E-state index is 4.06. The van der Waals surface area contributed by atoms with Gasteiger partial charge in [0.05, 0.1) is 17.4 Å². The van der Waals surface area contributed by atoms with Gasteiger partial charge in [-0.05, 0) is 30.3 Å². The van der Waals surface area contributed by atoms with Crippen molar-refractivity contribution in [2.45, 2.75) is 55.4 Å². The van der Waals surface area contributed by atoms with Crippen LogP contribution in [0.2, 0.25) is 0 Å². The number of H-pyrrole nitrogens is 1. The molecule has 7 nitrogen and oxygen atoms in total. The molecule has 0 saturated heterocycles. The highest BCUT2D eigenvalue weighted by molar-refractivity contribution is 5.73. The lowest BCUT2D eigenvalue weighted by molar-refractivity contribution is 1.17. The molecule has 1 aromatic carbocycles. The minimum absolute atomic E-state index is 1.03. The van der Waals surface area contributed by atoms with E-state index in [0.717, 1.165) is 11.0 Å². The summed E-state index contributed by atoms with van der Waals surface area (Å²) in [6.45, 7) is 16.0. The summed E-state index contributed by atoms with van der Waals surface area (Å²) < 4.78 is 0. The van der Waals surface area contributed by atoms with Crippen LogP contribution in [0.15, 0.2) is 111 Å². The van der Waals surface area contributed by atoms with Gasteiger partial charge >= 0.3 is 0 Å². The molecular weight excluding hydrogens is 434 g/mol. The number of aromatic nitrogens is 7. The second kappa shape index (κ2) is 34.6. The first-order valence-corrected chi connectivity index (χ1v) is 12.1. The van der Waals surface area contributed by atoms with Crippen molar-refractivity contribution in [1.82, 2.24) is 34.9 Å². The van der Waals surface area contributed by atoms with Gasteiger partial charge in [0.2, 0.25) is 0 Å². The second-order valence-corrected chi connectivity index (χ2v) is 4.74. The Morgan fingerprint density at radius 1 is 0.457 bits per heavy atom. The SMILES string of the molecule is CC.CC.CC.CC.c1ccc2[nH]cnc2c1.c1ccncc1.c1cnccn1.c1cncnc1. The van der Waals surface area contributed by atoms with E-state index < -0.39 is 0 Å². The van der Waals surface area contributed by atoms with Crippen LogP contribution in [-0.2, 0) is 0 Å². The van der Waals surface area contributed by atoms with Crippen LogP contribution in [0.25, 0.3) is 11.0 Å². The topological polar surface area (TPSA) is 93.1 Å². The third-order valence-corrected chi connectivity index (χ3v) is 2.85. The molecule has 4 aromatic heterocycles. The average molecular weight is 478 g/mol. The van der Waals surface area contributed by atoms with Crippen LogP contribution in [0.1, 0.15) is 55.4 Å². The molecule has 0 unspecified atom stereocenters. The molecule has 4 heterocycles. The van der Waals surface area contributed by atoms with Crippen LogP contribution in [0.4, 0.5) is 0 Å². The zero-order valence-electron chi connectivity index (χ0n) is 22.6. The van der Waals surface area contributed by atoms with E-state index in [1.165, 1.54) is 6.33 Å². The van der Waals surface area contributed by atoms with E-state index in [0.29, 0.717) is 0 Å². The molecule has 0 aliphatic rings.